The lowest BCUT2D eigenvalue weighted by atomic mass is 10.1. The second kappa shape index (κ2) is 7.51. The highest BCUT2D eigenvalue weighted by Gasteiger charge is 2.10. The fraction of sp³-hybridized carbons (Fsp3) is 0.118. The second-order valence-corrected chi connectivity index (χ2v) is 6.22. The van der Waals surface area contributed by atoms with E-state index in [1.807, 2.05) is 24.3 Å². The van der Waals surface area contributed by atoms with E-state index in [1.165, 1.54) is 18.9 Å². The van der Waals surface area contributed by atoms with Gasteiger partial charge in [0.2, 0.25) is 5.89 Å². The predicted octanol–water partition coefficient (Wildman–Crippen LogP) is 4.47. The summed E-state index contributed by atoms with van der Waals surface area (Å²) in [6.07, 6.45) is 0. The fourth-order valence-electron chi connectivity index (χ4n) is 2.03. The number of carbonyl (C=O) groups excluding carboxylic acids is 1. The quantitative estimate of drug-likeness (QED) is 0.494. The molecular weight excluding hydrogens is 348 g/mol. The van der Waals surface area contributed by atoms with Crippen molar-refractivity contribution in [3.63, 3.8) is 0 Å². The summed E-state index contributed by atoms with van der Waals surface area (Å²) in [5.74, 6) is 0.690. The van der Waals surface area contributed by atoms with Crippen molar-refractivity contribution in [3.05, 3.63) is 64.7 Å². The third-order valence-electron chi connectivity index (χ3n) is 3.21. The minimum atomic E-state index is -0.357. The molecule has 0 fully saturated rings. The number of benzene rings is 2. The summed E-state index contributed by atoms with van der Waals surface area (Å²) in [4.78, 5) is 11.5. The number of rotatable bonds is 5. The Balaban J connectivity index is 1.67. The summed E-state index contributed by atoms with van der Waals surface area (Å²) in [5, 5.41) is 9.17. The Kier molecular flexibility index (Phi) is 5.17. The summed E-state index contributed by atoms with van der Waals surface area (Å²) in [5.41, 5.74) is 2.29. The van der Waals surface area contributed by atoms with Crippen LogP contribution in [0.5, 0.6) is 0 Å². The van der Waals surface area contributed by atoms with Gasteiger partial charge in [0.15, 0.2) is 0 Å². The van der Waals surface area contributed by atoms with Crippen LogP contribution in [0.25, 0.3) is 11.5 Å². The van der Waals surface area contributed by atoms with E-state index >= 15 is 0 Å². The smallest absolute Gasteiger partial charge is 0.337 e. The van der Waals surface area contributed by atoms with Crippen LogP contribution in [0, 0.1) is 0 Å². The summed E-state index contributed by atoms with van der Waals surface area (Å²) in [6.45, 7) is 0. The molecule has 0 N–H and O–H groups in total. The van der Waals surface area contributed by atoms with E-state index in [1.54, 1.807) is 24.3 Å². The van der Waals surface area contributed by atoms with Crippen LogP contribution < -0.4 is 0 Å². The van der Waals surface area contributed by atoms with Crippen LogP contribution in [0.3, 0.4) is 0 Å². The van der Waals surface area contributed by atoms with E-state index in [9.17, 15) is 4.79 Å². The highest BCUT2D eigenvalue weighted by Crippen LogP contribution is 2.26. The summed E-state index contributed by atoms with van der Waals surface area (Å²) in [7, 11) is 1.36. The number of esters is 1. The van der Waals surface area contributed by atoms with E-state index in [0.29, 0.717) is 27.5 Å². The topological polar surface area (TPSA) is 65.2 Å². The van der Waals surface area contributed by atoms with Crippen molar-refractivity contribution < 1.29 is 13.9 Å². The molecule has 3 rings (SSSR count). The Labute approximate surface area is 148 Å². The van der Waals surface area contributed by atoms with Crippen molar-refractivity contribution in [3.8, 4) is 11.5 Å². The summed E-state index contributed by atoms with van der Waals surface area (Å²) in [6, 6.07) is 14.4. The minimum Gasteiger partial charge on any atom is -0.465 e. The number of nitrogens with zero attached hydrogens (tertiary/aromatic N) is 2. The standard InChI is InChI=1S/C17H13ClN2O3S/c1-22-16(21)13-4-2-3-11(9-13)10-24-17-20-19-15(23-17)12-5-7-14(18)8-6-12/h2-9H,10H2,1H3. The molecule has 0 aliphatic rings. The van der Waals surface area contributed by atoms with Crippen molar-refractivity contribution in [2.75, 3.05) is 7.11 Å². The molecule has 0 amide bonds. The number of hydrogen-bond acceptors (Lipinski definition) is 6. The molecule has 0 saturated carbocycles. The van der Waals surface area contributed by atoms with Gasteiger partial charge in [-0.3, -0.25) is 0 Å². The lowest BCUT2D eigenvalue weighted by molar-refractivity contribution is 0.0600. The van der Waals surface area contributed by atoms with Crippen LogP contribution in [0.2, 0.25) is 5.02 Å². The zero-order chi connectivity index (χ0) is 16.9. The largest absolute Gasteiger partial charge is 0.465 e. The number of methoxy groups -OCH3 is 1. The first-order valence-corrected chi connectivity index (χ1v) is 8.41. The minimum absolute atomic E-state index is 0.357. The van der Waals surface area contributed by atoms with E-state index < -0.39 is 0 Å². The van der Waals surface area contributed by atoms with E-state index in [-0.39, 0.29) is 5.97 Å². The summed E-state index contributed by atoms with van der Waals surface area (Å²) >= 11 is 7.27. The number of carbonyl (C=O) groups is 1. The Morgan fingerprint density at radius 3 is 2.75 bits per heavy atom. The van der Waals surface area contributed by atoms with Crippen LogP contribution in [0.15, 0.2) is 58.2 Å². The van der Waals surface area contributed by atoms with Gasteiger partial charge in [-0.1, -0.05) is 35.5 Å². The first kappa shape index (κ1) is 16.5. The third kappa shape index (κ3) is 3.96. The monoisotopic (exact) mass is 360 g/mol. The van der Waals surface area contributed by atoms with Gasteiger partial charge in [0.25, 0.3) is 5.22 Å². The van der Waals surface area contributed by atoms with Gasteiger partial charge in [0, 0.05) is 16.3 Å². The zero-order valence-corrected chi connectivity index (χ0v) is 14.3. The highest BCUT2D eigenvalue weighted by atomic mass is 35.5. The normalized spacial score (nSPS) is 10.6. The molecule has 24 heavy (non-hydrogen) atoms. The predicted molar refractivity (Wildman–Crippen MR) is 92.1 cm³/mol. The molecule has 7 heteroatoms. The zero-order valence-electron chi connectivity index (χ0n) is 12.7. The van der Waals surface area contributed by atoms with Gasteiger partial charge >= 0.3 is 5.97 Å². The number of halogens is 1. The Morgan fingerprint density at radius 2 is 2.00 bits per heavy atom. The van der Waals surface area contributed by atoms with E-state index in [4.69, 9.17) is 20.8 Å². The van der Waals surface area contributed by atoms with Gasteiger partial charge in [-0.25, -0.2) is 4.79 Å². The fourth-order valence-corrected chi connectivity index (χ4v) is 2.86. The van der Waals surface area contributed by atoms with Crippen molar-refractivity contribution in [2.24, 2.45) is 0 Å². The number of ether oxygens (including phenoxy) is 1. The molecule has 2 aromatic carbocycles. The number of thioether (sulfide) groups is 1. The van der Waals surface area contributed by atoms with Crippen LogP contribution in [0.4, 0.5) is 0 Å². The molecule has 5 nitrogen and oxygen atoms in total. The highest BCUT2D eigenvalue weighted by molar-refractivity contribution is 7.98. The second-order valence-electron chi connectivity index (χ2n) is 4.86. The molecule has 1 aromatic heterocycles. The average molecular weight is 361 g/mol. The van der Waals surface area contributed by atoms with Crippen LogP contribution in [-0.2, 0) is 10.5 Å². The number of aromatic nitrogens is 2. The molecule has 0 aliphatic heterocycles. The van der Waals surface area contributed by atoms with Crippen molar-refractivity contribution >= 4 is 29.3 Å². The molecule has 0 atom stereocenters. The maximum atomic E-state index is 11.5. The molecule has 3 aromatic rings. The maximum Gasteiger partial charge on any atom is 0.337 e. The molecule has 0 radical (unpaired) electrons. The lowest BCUT2D eigenvalue weighted by Gasteiger charge is -2.02. The van der Waals surface area contributed by atoms with E-state index in [0.717, 1.165) is 11.1 Å². The molecule has 0 bridgehead atoms. The average Bonchev–Trinajstić information content (AvgIpc) is 3.09. The lowest BCUT2D eigenvalue weighted by Crippen LogP contribution is -2.01. The van der Waals surface area contributed by atoms with E-state index in [2.05, 4.69) is 10.2 Å². The van der Waals surface area contributed by atoms with Crippen molar-refractivity contribution in [1.29, 1.82) is 0 Å². The molecule has 0 aliphatic carbocycles. The van der Waals surface area contributed by atoms with Gasteiger partial charge in [-0.05, 0) is 42.0 Å². The number of hydrogen-bond donors (Lipinski definition) is 0. The van der Waals surface area contributed by atoms with Gasteiger partial charge in [0.05, 0.1) is 12.7 Å². The molecule has 1 heterocycles. The van der Waals surface area contributed by atoms with Crippen molar-refractivity contribution in [2.45, 2.75) is 11.0 Å². The van der Waals surface area contributed by atoms with Crippen LogP contribution in [0.1, 0.15) is 15.9 Å². The maximum absolute atomic E-state index is 11.5. The Hall–Kier alpha value is -2.31. The van der Waals surface area contributed by atoms with Gasteiger partial charge in [-0.15, -0.1) is 10.2 Å². The molecule has 0 saturated heterocycles. The van der Waals surface area contributed by atoms with Crippen molar-refractivity contribution in [1.82, 2.24) is 10.2 Å². The van der Waals surface area contributed by atoms with Crippen LogP contribution in [-0.4, -0.2) is 23.3 Å². The first-order valence-electron chi connectivity index (χ1n) is 7.05. The molecular formula is C17H13ClN2O3S. The van der Waals surface area contributed by atoms with Gasteiger partial charge in [-0.2, -0.15) is 0 Å². The molecule has 0 unspecified atom stereocenters. The SMILES string of the molecule is COC(=O)c1cccc(CSc2nnc(-c3ccc(Cl)cc3)o2)c1. The van der Waals surface area contributed by atoms with Crippen LogP contribution >= 0.6 is 23.4 Å². The Bertz CT molecular complexity index is 849. The summed E-state index contributed by atoms with van der Waals surface area (Å²) < 4.78 is 10.4. The molecule has 122 valence electrons. The van der Waals surface area contributed by atoms with Gasteiger partial charge in [0.1, 0.15) is 0 Å². The first-order chi connectivity index (χ1) is 11.7. The van der Waals surface area contributed by atoms with Gasteiger partial charge < -0.3 is 9.15 Å². The third-order valence-corrected chi connectivity index (χ3v) is 4.35. The Morgan fingerprint density at radius 1 is 1.21 bits per heavy atom. The molecule has 0 spiro atoms.